The predicted molar refractivity (Wildman–Crippen MR) is 134 cm³/mol. The molecule has 2 N–H and O–H groups in total. The SMILES string of the molecule is CC(C)Cn1c(=O)c2ccc(C(=O)NC(C)C)cc2n2c(=O)n(CC(=O)NC3CCCCC3)nc12. The van der Waals surface area contributed by atoms with E-state index < -0.39 is 5.69 Å². The molecule has 3 aromatic rings. The van der Waals surface area contributed by atoms with E-state index in [1.807, 2.05) is 27.7 Å². The normalized spacial score (nSPS) is 14.8. The Bertz CT molecular complexity index is 1370. The van der Waals surface area contributed by atoms with Gasteiger partial charge in [0.05, 0.1) is 10.9 Å². The molecule has 2 heterocycles. The van der Waals surface area contributed by atoms with Crippen LogP contribution in [0, 0.1) is 5.92 Å². The van der Waals surface area contributed by atoms with Gasteiger partial charge in [0, 0.05) is 24.2 Å². The number of benzene rings is 1. The van der Waals surface area contributed by atoms with Crippen LogP contribution < -0.4 is 21.9 Å². The van der Waals surface area contributed by atoms with Gasteiger partial charge in [-0.05, 0) is 50.8 Å². The summed E-state index contributed by atoms with van der Waals surface area (Å²) in [5.41, 5.74) is -0.183. The van der Waals surface area contributed by atoms with Crippen molar-refractivity contribution in [1.82, 2.24) is 29.4 Å². The molecule has 1 aliphatic carbocycles. The Kier molecular flexibility index (Phi) is 7.09. The highest BCUT2D eigenvalue weighted by atomic mass is 16.2. The van der Waals surface area contributed by atoms with Crippen molar-refractivity contribution in [1.29, 1.82) is 0 Å². The molecule has 2 amide bonds. The van der Waals surface area contributed by atoms with Gasteiger partial charge in [-0.15, -0.1) is 5.10 Å². The highest BCUT2D eigenvalue weighted by Crippen LogP contribution is 2.18. The molecule has 10 heteroatoms. The number of carbonyl (C=O) groups is 2. The molecule has 1 aromatic carbocycles. The highest BCUT2D eigenvalue weighted by Gasteiger charge is 2.22. The molecule has 1 aliphatic rings. The van der Waals surface area contributed by atoms with E-state index in [2.05, 4.69) is 15.7 Å². The average molecular weight is 483 g/mol. The second kappa shape index (κ2) is 10.1. The smallest absolute Gasteiger partial charge is 0.352 e. The molecular formula is C25H34N6O4. The van der Waals surface area contributed by atoms with Gasteiger partial charge in [0.2, 0.25) is 11.7 Å². The second-order valence-corrected chi connectivity index (χ2v) is 10.1. The van der Waals surface area contributed by atoms with Crippen molar-refractivity contribution in [3.8, 4) is 0 Å². The molecule has 1 fully saturated rings. The van der Waals surface area contributed by atoms with Gasteiger partial charge in [0.15, 0.2) is 0 Å². The van der Waals surface area contributed by atoms with Crippen LogP contribution in [0.4, 0.5) is 0 Å². The number of hydrogen-bond acceptors (Lipinski definition) is 5. The Hall–Kier alpha value is -3.43. The summed E-state index contributed by atoms with van der Waals surface area (Å²) >= 11 is 0. The van der Waals surface area contributed by atoms with E-state index in [1.54, 1.807) is 12.1 Å². The molecule has 10 nitrogen and oxygen atoms in total. The lowest BCUT2D eigenvalue weighted by molar-refractivity contribution is -0.122. The minimum Gasteiger partial charge on any atom is -0.352 e. The minimum absolute atomic E-state index is 0.0644. The van der Waals surface area contributed by atoms with Gasteiger partial charge in [-0.25, -0.2) is 13.9 Å². The Labute approximate surface area is 203 Å². The van der Waals surface area contributed by atoms with Gasteiger partial charge in [0.25, 0.3) is 11.5 Å². The first kappa shape index (κ1) is 24.7. The van der Waals surface area contributed by atoms with Crippen LogP contribution in [0.3, 0.4) is 0 Å². The molecular weight excluding hydrogens is 448 g/mol. The van der Waals surface area contributed by atoms with Gasteiger partial charge in [-0.1, -0.05) is 33.1 Å². The molecule has 0 bridgehead atoms. The highest BCUT2D eigenvalue weighted by molar-refractivity contribution is 5.98. The zero-order valence-corrected chi connectivity index (χ0v) is 20.8. The molecule has 0 unspecified atom stereocenters. The lowest BCUT2D eigenvalue weighted by Crippen LogP contribution is -2.40. The Morgan fingerprint density at radius 1 is 1.09 bits per heavy atom. The molecule has 0 spiro atoms. The summed E-state index contributed by atoms with van der Waals surface area (Å²) in [6.07, 6.45) is 5.21. The van der Waals surface area contributed by atoms with Crippen LogP contribution in [0.15, 0.2) is 27.8 Å². The molecule has 0 radical (unpaired) electrons. The summed E-state index contributed by atoms with van der Waals surface area (Å²) in [4.78, 5) is 52.1. The van der Waals surface area contributed by atoms with Crippen LogP contribution in [0.25, 0.3) is 16.7 Å². The third kappa shape index (κ3) is 5.16. The van der Waals surface area contributed by atoms with E-state index in [1.165, 1.54) is 21.5 Å². The summed E-state index contributed by atoms with van der Waals surface area (Å²) in [7, 11) is 0. The summed E-state index contributed by atoms with van der Waals surface area (Å²) < 4.78 is 3.90. The number of rotatable bonds is 7. The van der Waals surface area contributed by atoms with Gasteiger partial charge in [-0.2, -0.15) is 0 Å². The molecule has 1 saturated carbocycles. The van der Waals surface area contributed by atoms with Gasteiger partial charge in [0.1, 0.15) is 6.54 Å². The van der Waals surface area contributed by atoms with Crippen LogP contribution in [-0.4, -0.2) is 42.6 Å². The van der Waals surface area contributed by atoms with Gasteiger partial charge >= 0.3 is 5.69 Å². The fourth-order valence-electron chi connectivity index (χ4n) is 4.69. The zero-order chi connectivity index (χ0) is 25.3. The van der Waals surface area contributed by atoms with Crippen LogP contribution in [0.5, 0.6) is 0 Å². The topological polar surface area (TPSA) is 120 Å². The average Bonchev–Trinajstić information content (AvgIpc) is 3.12. The van der Waals surface area contributed by atoms with Crippen LogP contribution in [0.2, 0.25) is 0 Å². The summed E-state index contributed by atoms with van der Waals surface area (Å²) in [5.74, 6) is -0.289. The molecule has 4 rings (SSSR count). The molecule has 0 atom stereocenters. The summed E-state index contributed by atoms with van der Waals surface area (Å²) in [6, 6.07) is 4.75. The van der Waals surface area contributed by atoms with Crippen molar-refractivity contribution >= 4 is 28.5 Å². The lowest BCUT2D eigenvalue weighted by Gasteiger charge is -2.22. The van der Waals surface area contributed by atoms with Crippen molar-refractivity contribution < 1.29 is 9.59 Å². The standard InChI is InChI=1S/C25H34N6O4/c1-15(2)13-29-23(34)19-11-10-17(22(33)26-16(3)4)12-20(19)31-24(29)28-30(25(31)35)14-21(32)27-18-8-6-5-7-9-18/h10-12,15-16,18H,5-9,13-14H2,1-4H3,(H,26,33)(H,27,32). The number of hydrogen-bond donors (Lipinski definition) is 2. The first-order valence-electron chi connectivity index (χ1n) is 12.4. The third-order valence-corrected chi connectivity index (χ3v) is 6.27. The summed E-state index contributed by atoms with van der Waals surface area (Å²) in [6.45, 7) is 7.78. The zero-order valence-electron chi connectivity index (χ0n) is 20.8. The van der Waals surface area contributed by atoms with E-state index in [0.717, 1.165) is 30.4 Å². The Balaban J connectivity index is 1.82. The number of fused-ring (bicyclic) bond motifs is 3. The van der Waals surface area contributed by atoms with Gasteiger partial charge < -0.3 is 10.6 Å². The monoisotopic (exact) mass is 482 g/mol. The van der Waals surface area contributed by atoms with Crippen molar-refractivity contribution in [2.24, 2.45) is 5.92 Å². The number of aromatic nitrogens is 4. The van der Waals surface area contributed by atoms with E-state index in [0.29, 0.717) is 23.0 Å². The number of nitrogens with zero attached hydrogens (tertiary/aromatic N) is 4. The molecule has 0 saturated heterocycles. The first-order chi connectivity index (χ1) is 16.7. The fraction of sp³-hybridized carbons (Fsp3) is 0.560. The predicted octanol–water partition coefficient (Wildman–Crippen LogP) is 2.05. The molecule has 0 aliphatic heterocycles. The third-order valence-electron chi connectivity index (χ3n) is 6.27. The largest absolute Gasteiger partial charge is 0.352 e. The number of amides is 2. The van der Waals surface area contributed by atoms with Crippen LogP contribution >= 0.6 is 0 Å². The number of nitrogens with one attached hydrogen (secondary N) is 2. The summed E-state index contributed by atoms with van der Waals surface area (Å²) in [5, 5.41) is 10.5. The molecule has 188 valence electrons. The Morgan fingerprint density at radius 3 is 2.46 bits per heavy atom. The van der Waals surface area contributed by atoms with E-state index in [4.69, 9.17) is 0 Å². The first-order valence-corrected chi connectivity index (χ1v) is 12.4. The maximum absolute atomic E-state index is 13.4. The maximum Gasteiger partial charge on any atom is 0.352 e. The van der Waals surface area contributed by atoms with E-state index in [9.17, 15) is 19.2 Å². The number of carbonyl (C=O) groups excluding carboxylic acids is 2. The van der Waals surface area contributed by atoms with Crippen molar-refractivity contribution in [3.05, 3.63) is 44.6 Å². The van der Waals surface area contributed by atoms with Gasteiger partial charge in [-0.3, -0.25) is 19.0 Å². The van der Waals surface area contributed by atoms with Crippen LogP contribution in [0.1, 0.15) is 70.2 Å². The van der Waals surface area contributed by atoms with Crippen LogP contribution in [-0.2, 0) is 17.9 Å². The quantitative estimate of drug-likeness (QED) is 0.534. The van der Waals surface area contributed by atoms with Crippen molar-refractivity contribution in [2.75, 3.05) is 0 Å². The second-order valence-electron chi connectivity index (χ2n) is 10.1. The lowest BCUT2D eigenvalue weighted by atomic mass is 9.95. The fourth-order valence-corrected chi connectivity index (χ4v) is 4.69. The van der Waals surface area contributed by atoms with Crippen molar-refractivity contribution in [2.45, 2.75) is 85.0 Å². The van der Waals surface area contributed by atoms with E-state index >= 15 is 0 Å². The minimum atomic E-state index is -0.525. The van der Waals surface area contributed by atoms with Crippen molar-refractivity contribution in [3.63, 3.8) is 0 Å². The maximum atomic E-state index is 13.4. The molecule has 2 aromatic heterocycles. The Morgan fingerprint density at radius 2 is 1.80 bits per heavy atom. The molecule has 35 heavy (non-hydrogen) atoms. The van der Waals surface area contributed by atoms with E-state index in [-0.39, 0.29) is 47.7 Å².